The zero-order valence-corrected chi connectivity index (χ0v) is 12.4. The number of hydrogen-bond acceptors (Lipinski definition) is 4. The fourth-order valence-electron chi connectivity index (χ4n) is 2.04. The number of aryl methyl sites for hydroxylation is 2. The average Bonchev–Trinajstić information content (AvgIpc) is 2.85. The summed E-state index contributed by atoms with van der Waals surface area (Å²) in [5, 5.41) is 7.81. The Hall–Kier alpha value is -2.17. The van der Waals surface area contributed by atoms with E-state index < -0.39 is 0 Å². The first-order valence-corrected chi connectivity index (χ1v) is 6.66. The molecule has 1 N–H and O–H groups in total. The van der Waals surface area contributed by atoms with Crippen molar-refractivity contribution in [2.45, 2.75) is 26.9 Å². The van der Waals surface area contributed by atoms with Crippen molar-refractivity contribution < 1.29 is 9.47 Å². The molecule has 0 aliphatic rings. The maximum absolute atomic E-state index is 5.35. The van der Waals surface area contributed by atoms with E-state index in [4.69, 9.17) is 9.47 Å². The second-order valence-corrected chi connectivity index (χ2v) is 4.52. The van der Waals surface area contributed by atoms with E-state index in [-0.39, 0.29) is 0 Å². The fraction of sp³-hybridized carbons (Fsp3) is 0.400. The summed E-state index contributed by atoms with van der Waals surface area (Å²) in [6.45, 7) is 5.68. The van der Waals surface area contributed by atoms with Crippen LogP contribution in [0.5, 0.6) is 11.5 Å². The van der Waals surface area contributed by atoms with E-state index in [1.54, 1.807) is 14.2 Å². The standard InChI is InChI=1S/C15H21N3O2/c1-5-18-10-12(11(2)17-18)9-16-14-8-13(19-3)6-7-15(14)20-4/h6-8,10,16H,5,9H2,1-4H3. The van der Waals surface area contributed by atoms with Crippen molar-refractivity contribution in [2.24, 2.45) is 0 Å². The molecule has 0 saturated carbocycles. The summed E-state index contributed by atoms with van der Waals surface area (Å²) in [7, 11) is 3.31. The van der Waals surface area contributed by atoms with Crippen LogP contribution in [0.1, 0.15) is 18.2 Å². The third-order valence-electron chi connectivity index (χ3n) is 3.25. The van der Waals surface area contributed by atoms with Gasteiger partial charge in [0, 0.05) is 30.9 Å². The molecule has 0 amide bonds. The minimum Gasteiger partial charge on any atom is -0.497 e. The van der Waals surface area contributed by atoms with E-state index in [2.05, 4.69) is 23.5 Å². The van der Waals surface area contributed by atoms with Crippen LogP contribution in [0.15, 0.2) is 24.4 Å². The summed E-state index contributed by atoms with van der Waals surface area (Å²) in [6.07, 6.45) is 2.06. The van der Waals surface area contributed by atoms with Crippen molar-refractivity contribution in [2.75, 3.05) is 19.5 Å². The number of methoxy groups -OCH3 is 2. The lowest BCUT2D eigenvalue weighted by Gasteiger charge is -2.12. The van der Waals surface area contributed by atoms with Gasteiger partial charge in [-0.3, -0.25) is 4.68 Å². The van der Waals surface area contributed by atoms with E-state index in [0.29, 0.717) is 6.54 Å². The lowest BCUT2D eigenvalue weighted by molar-refractivity contribution is 0.404. The Morgan fingerprint density at radius 3 is 2.65 bits per heavy atom. The number of anilines is 1. The molecule has 0 aliphatic carbocycles. The highest BCUT2D eigenvalue weighted by Gasteiger charge is 2.07. The van der Waals surface area contributed by atoms with Crippen LogP contribution in [0.4, 0.5) is 5.69 Å². The molecule has 1 heterocycles. The second-order valence-electron chi connectivity index (χ2n) is 4.52. The van der Waals surface area contributed by atoms with Crippen LogP contribution >= 0.6 is 0 Å². The normalized spacial score (nSPS) is 10.4. The minimum atomic E-state index is 0.704. The van der Waals surface area contributed by atoms with Gasteiger partial charge in [-0.1, -0.05) is 0 Å². The van der Waals surface area contributed by atoms with Gasteiger partial charge in [-0.15, -0.1) is 0 Å². The Labute approximate surface area is 119 Å². The van der Waals surface area contributed by atoms with Crippen LogP contribution < -0.4 is 14.8 Å². The van der Waals surface area contributed by atoms with Crippen molar-refractivity contribution in [3.63, 3.8) is 0 Å². The zero-order valence-electron chi connectivity index (χ0n) is 12.4. The van der Waals surface area contributed by atoms with Crippen LogP contribution in [0.25, 0.3) is 0 Å². The number of nitrogens with zero attached hydrogens (tertiary/aromatic N) is 2. The summed E-state index contributed by atoms with van der Waals surface area (Å²) in [4.78, 5) is 0. The summed E-state index contributed by atoms with van der Waals surface area (Å²) in [5.74, 6) is 1.60. The van der Waals surface area contributed by atoms with Crippen molar-refractivity contribution in [3.05, 3.63) is 35.7 Å². The highest BCUT2D eigenvalue weighted by molar-refractivity contribution is 5.60. The average molecular weight is 275 g/mol. The van der Waals surface area contributed by atoms with Crippen LogP contribution in [-0.4, -0.2) is 24.0 Å². The maximum Gasteiger partial charge on any atom is 0.142 e. The van der Waals surface area contributed by atoms with Gasteiger partial charge in [-0.05, 0) is 26.0 Å². The van der Waals surface area contributed by atoms with Gasteiger partial charge in [0.05, 0.1) is 25.6 Å². The van der Waals surface area contributed by atoms with Gasteiger partial charge in [-0.2, -0.15) is 5.10 Å². The van der Waals surface area contributed by atoms with Crippen molar-refractivity contribution in [1.82, 2.24) is 9.78 Å². The van der Waals surface area contributed by atoms with Gasteiger partial charge in [0.25, 0.3) is 0 Å². The van der Waals surface area contributed by atoms with Gasteiger partial charge in [0.15, 0.2) is 0 Å². The molecule has 0 unspecified atom stereocenters. The largest absolute Gasteiger partial charge is 0.497 e. The molecule has 0 fully saturated rings. The number of nitrogens with one attached hydrogen (secondary N) is 1. The Balaban J connectivity index is 2.14. The molecule has 20 heavy (non-hydrogen) atoms. The van der Waals surface area contributed by atoms with E-state index >= 15 is 0 Å². The molecule has 0 radical (unpaired) electrons. The molecule has 2 aromatic rings. The zero-order chi connectivity index (χ0) is 14.5. The van der Waals surface area contributed by atoms with E-state index in [0.717, 1.165) is 29.4 Å². The first-order valence-electron chi connectivity index (χ1n) is 6.66. The SMILES string of the molecule is CCn1cc(CNc2cc(OC)ccc2OC)c(C)n1. The smallest absolute Gasteiger partial charge is 0.142 e. The topological polar surface area (TPSA) is 48.3 Å². The predicted octanol–water partition coefficient (Wildman–Crippen LogP) is 2.84. The van der Waals surface area contributed by atoms with Gasteiger partial charge in [0.2, 0.25) is 0 Å². The molecular formula is C15H21N3O2. The molecule has 0 spiro atoms. The van der Waals surface area contributed by atoms with Gasteiger partial charge < -0.3 is 14.8 Å². The summed E-state index contributed by atoms with van der Waals surface area (Å²) in [5.41, 5.74) is 3.13. The highest BCUT2D eigenvalue weighted by atomic mass is 16.5. The summed E-state index contributed by atoms with van der Waals surface area (Å²) in [6, 6.07) is 5.70. The fourth-order valence-corrected chi connectivity index (χ4v) is 2.04. The first kappa shape index (κ1) is 14.2. The number of ether oxygens (including phenoxy) is 2. The van der Waals surface area contributed by atoms with Crippen LogP contribution in [0.3, 0.4) is 0 Å². The molecule has 5 nitrogen and oxygen atoms in total. The van der Waals surface area contributed by atoms with E-state index in [9.17, 15) is 0 Å². The quantitative estimate of drug-likeness (QED) is 0.880. The van der Waals surface area contributed by atoms with E-state index in [1.165, 1.54) is 5.56 Å². The Morgan fingerprint density at radius 2 is 2.05 bits per heavy atom. The Bertz CT molecular complexity index is 578. The third kappa shape index (κ3) is 3.04. The minimum absolute atomic E-state index is 0.704. The van der Waals surface area contributed by atoms with Gasteiger partial charge in [0.1, 0.15) is 11.5 Å². The summed E-state index contributed by atoms with van der Waals surface area (Å²) < 4.78 is 12.5. The molecule has 108 valence electrons. The molecule has 0 bridgehead atoms. The number of aromatic nitrogens is 2. The monoisotopic (exact) mass is 275 g/mol. The lowest BCUT2D eigenvalue weighted by atomic mass is 10.2. The highest BCUT2D eigenvalue weighted by Crippen LogP contribution is 2.29. The molecule has 0 saturated heterocycles. The van der Waals surface area contributed by atoms with E-state index in [1.807, 2.05) is 29.8 Å². The van der Waals surface area contributed by atoms with Crippen LogP contribution in [0.2, 0.25) is 0 Å². The molecule has 0 atom stereocenters. The van der Waals surface area contributed by atoms with Crippen molar-refractivity contribution in [1.29, 1.82) is 0 Å². The number of benzene rings is 1. The molecule has 1 aromatic carbocycles. The van der Waals surface area contributed by atoms with Gasteiger partial charge >= 0.3 is 0 Å². The third-order valence-corrected chi connectivity index (χ3v) is 3.25. The van der Waals surface area contributed by atoms with Crippen molar-refractivity contribution >= 4 is 5.69 Å². The predicted molar refractivity (Wildman–Crippen MR) is 79.5 cm³/mol. The Kier molecular flexibility index (Phi) is 4.50. The molecule has 5 heteroatoms. The molecule has 2 rings (SSSR count). The number of hydrogen-bond donors (Lipinski definition) is 1. The van der Waals surface area contributed by atoms with Crippen LogP contribution in [0, 0.1) is 6.92 Å². The van der Waals surface area contributed by atoms with Gasteiger partial charge in [-0.25, -0.2) is 0 Å². The Morgan fingerprint density at radius 1 is 1.25 bits per heavy atom. The number of rotatable bonds is 6. The molecule has 1 aromatic heterocycles. The second kappa shape index (κ2) is 6.32. The van der Waals surface area contributed by atoms with Crippen molar-refractivity contribution in [3.8, 4) is 11.5 Å². The first-order chi connectivity index (χ1) is 9.67. The summed E-state index contributed by atoms with van der Waals surface area (Å²) >= 11 is 0. The molecular weight excluding hydrogens is 254 g/mol. The molecule has 0 aliphatic heterocycles. The maximum atomic E-state index is 5.35. The van der Waals surface area contributed by atoms with Crippen LogP contribution in [-0.2, 0) is 13.1 Å². The lowest BCUT2D eigenvalue weighted by Crippen LogP contribution is -2.02.